The Morgan fingerprint density at radius 3 is 2.17 bits per heavy atom. The zero-order valence-electron chi connectivity index (χ0n) is 21.7. The molecule has 3 heterocycles. The Bertz CT molecular complexity index is 1810. The van der Waals surface area contributed by atoms with Crippen molar-refractivity contribution in [1.82, 2.24) is 4.90 Å². The number of allylic oxidation sites excluding steroid dienone is 2. The van der Waals surface area contributed by atoms with Gasteiger partial charge >= 0.3 is 0 Å². The van der Waals surface area contributed by atoms with Gasteiger partial charge in [-0.05, 0) is 41.8 Å². The van der Waals surface area contributed by atoms with Crippen LogP contribution in [-0.4, -0.2) is 40.4 Å². The molecule has 0 radical (unpaired) electrons. The first kappa shape index (κ1) is 25.2. The average molecular weight is 559 g/mol. The summed E-state index contributed by atoms with van der Waals surface area (Å²) in [5.74, 6) is -3.04. The van der Waals surface area contributed by atoms with Crippen LogP contribution in [-0.2, 0) is 9.59 Å². The van der Waals surface area contributed by atoms with Crippen LogP contribution in [0.1, 0.15) is 20.7 Å². The minimum Gasteiger partial charge on any atom is -0.359 e. The number of anilines is 1. The van der Waals surface area contributed by atoms with Crippen LogP contribution >= 0.6 is 11.6 Å². The highest BCUT2D eigenvalue weighted by atomic mass is 35.5. The van der Waals surface area contributed by atoms with Crippen LogP contribution in [0.3, 0.4) is 0 Å². The van der Waals surface area contributed by atoms with Crippen molar-refractivity contribution in [3.05, 3.63) is 137 Å². The van der Waals surface area contributed by atoms with Gasteiger partial charge in [-0.1, -0.05) is 84.4 Å². The number of rotatable bonds is 5. The van der Waals surface area contributed by atoms with Gasteiger partial charge in [0, 0.05) is 33.3 Å². The fraction of sp³-hybridized carbons (Fsp3) is 0.118. The second-order valence-corrected chi connectivity index (χ2v) is 10.9. The number of hydrogen-bond acceptors (Lipinski definition) is 5. The van der Waals surface area contributed by atoms with E-state index in [2.05, 4.69) is 0 Å². The first-order chi connectivity index (χ1) is 19.9. The van der Waals surface area contributed by atoms with E-state index >= 15 is 0 Å². The molecule has 0 spiro atoms. The predicted molar refractivity (Wildman–Crippen MR) is 157 cm³/mol. The lowest BCUT2D eigenvalue weighted by molar-refractivity contribution is -0.123. The summed E-state index contributed by atoms with van der Waals surface area (Å²) in [5.41, 5.74) is 1.82. The van der Waals surface area contributed by atoms with Crippen LogP contribution in [0.15, 0.2) is 121 Å². The van der Waals surface area contributed by atoms with Crippen molar-refractivity contribution in [3.63, 3.8) is 0 Å². The summed E-state index contributed by atoms with van der Waals surface area (Å²) in [5, 5.41) is 2.16. The van der Waals surface area contributed by atoms with Crippen LogP contribution in [0, 0.1) is 11.8 Å². The van der Waals surface area contributed by atoms with Crippen molar-refractivity contribution in [2.45, 2.75) is 12.1 Å². The monoisotopic (exact) mass is 558 g/mol. The fourth-order valence-corrected chi connectivity index (χ4v) is 6.51. The van der Waals surface area contributed by atoms with E-state index < -0.39 is 29.8 Å². The van der Waals surface area contributed by atoms with Crippen LogP contribution in [0.2, 0.25) is 5.02 Å². The summed E-state index contributed by atoms with van der Waals surface area (Å²) in [7, 11) is 0. The summed E-state index contributed by atoms with van der Waals surface area (Å²) < 4.78 is 0. The largest absolute Gasteiger partial charge is 0.359 e. The fourth-order valence-electron chi connectivity index (χ4n) is 6.38. The van der Waals surface area contributed by atoms with Crippen molar-refractivity contribution in [3.8, 4) is 0 Å². The number of carbonyl (C=O) groups excluding carboxylic acids is 4. The van der Waals surface area contributed by atoms with Crippen molar-refractivity contribution in [2.75, 3.05) is 4.90 Å². The third kappa shape index (κ3) is 3.94. The van der Waals surface area contributed by atoms with Crippen molar-refractivity contribution < 1.29 is 19.2 Å². The van der Waals surface area contributed by atoms with E-state index in [-0.39, 0.29) is 17.5 Å². The number of nitrogens with zero attached hydrogens (tertiary/aromatic N) is 2. The molecule has 0 saturated carbocycles. The smallest absolute Gasteiger partial charge is 0.240 e. The lowest BCUT2D eigenvalue weighted by Crippen LogP contribution is -2.46. The Hall–Kier alpha value is -4.81. The van der Waals surface area contributed by atoms with E-state index in [0.717, 1.165) is 10.8 Å². The molecule has 41 heavy (non-hydrogen) atoms. The maximum atomic E-state index is 14.2. The maximum Gasteiger partial charge on any atom is 0.240 e. The second-order valence-electron chi connectivity index (χ2n) is 10.4. The molecule has 3 aliphatic heterocycles. The molecular formula is C34H23ClN2O4. The molecular weight excluding hydrogens is 536 g/mol. The molecule has 7 heteroatoms. The first-order valence-corrected chi connectivity index (χ1v) is 13.7. The summed E-state index contributed by atoms with van der Waals surface area (Å²) >= 11 is 6.07. The Morgan fingerprint density at radius 1 is 0.707 bits per heavy atom. The molecule has 0 N–H and O–H groups in total. The highest BCUT2D eigenvalue weighted by molar-refractivity contribution is 6.31. The number of benzene rings is 4. The van der Waals surface area contributed by atoms with Gasteiger partial charge in [0.25, 0.3) is 0 Å². The highest BCUT2D eigenvalue weighted by Crippen LogP contribution is 2.48. The Morgan fingerprint density at radius 2 is 1.39 bits per heavy atom. The van der Waals surface area contributed by atoms with Gasteiger partial charge in [-0.3, -0.25) is 19.2 Å². The van der Waals surface area contributed by atoms with E-state index in [1.54, 1.807) is 77.8 Å². The quantitative estimate of drug-likeness (QED) is 0.226. The first-order valence-electron chi connectivity index (χ1n) is 13.4. The minimum atomic E-state index is -0.929. The Labute approximate surface area is 241 Å². The number of ketones is 2. The standard InChI is InChI=1S/C34H23ClN2O4/c35-24-15-13-22(14-16-24)32(39)30-29-28(27-19-23(17-18-36(27)30)31(38)21-8-2-1-3-9-21)33(40)37(34(29)41)26-12-6-10-20-7-4-5-11-25(20)26/h1-19,27-30H/t27-,28+,29-,30-/m1/s1. The predicted octanol–water partition coefficient (Wildman–Crippen LogP) is 5.87. The second kappa shape index (κ2) is 9.68. The molecule has 3 aliphatic rings. The number of imide groups is 1. The normalized spacial score (nSPS) is 23.0. The third-order valence-corrected chi connectivity index (χ3v) is 8.50. The van der Waals surface area contributed by atoms with E-state index in [0.29, 0.717) is 27.4 Å². The molecule has 6 nitrogen and oxygen atoms in total. The number of Topliss-reactive ketones (excluding diaryl/α,β-unsaturated/α-hetero) is 2. The van der Waals surface area contributed by atoms with E-state index in [1.807, 2.05) is 42.5 Å². The van der Waals surface area contributed by atoms with Crippen LogP contribution in [0.25, 0.3) is 10.8 Å². The van der Waals surface area contributed by atoms with E-state index in [1.165, 1.54) is 4.90 Å². The molecule has 0 aliphatic carbocycles. The van der Waals surface area contributed by atoms with Crippen molar-refractivity contribution in [2.24, 2.45) is 11.8 Å². The molecule has 0 aromatic heterocycles. The van der Waals surface area contributed by atoms with Gasteiger partial charge in [-0.15, -0.1) is 0 Å². The topological polar surface area (TPSA) is 74.8 Å². The highest BCUT2D eigenvalue weighted by Gasteiger charge is 2.63. The van der Waals surface area contributed by atoms with Crippen LogP contribution in [0.4, 0.5) is 5.69 Å². The van der Waals surface area contributed by atoms with E-state index in [9.17, 15) is 19.2 Å². The third-order valence-electron chi connectivity index (χ3n) is 8.25. The summed E-state index contributed by atoms with van der Waals surface area (Å²) in [4.78, 5) is 58.8. The summed E-state index contributed by atoms with van der Waals surface area (Å²) in [6.45, 7) is 0. The number of fused-ring (bicyclic) bond motifs is 4. The van der Waals surface area contributed by atoms with Crippen molar-refractivity contribution in [1.29, 1.82) is 0 Å². The van der Waals surface area contributed by atoms with Crippen LogP contribution in [0.5, 0.6) is 0 Å². The average Bonchev–Trinajstić information content (AvgIpc) is 3.48. The molecule has 2 fully saturated rings. The lowest BCUT2D eigenvalue weighted by Gasteiger charge is -2.33. The SMILES string of the molecule is O=C(C1=C[C@@H]2[C@@H]3C(=O)N(c4cccc5ccccc45)C(=O)[C@H]3[C@H](C(=O)c3ccc(Cl)cc3)N2C=C1)c1ccccc1. The molecule has 7 rings (SSSR count). The molecule has 0 unspecified atom stereocenters. The molecule has 4 aromatic rings. The maximum absolute atomic E-state index is 14.2. The summed E-state index contributed by atoms with van der Waals surface area (Å²) in [6.07, 6.45) is 5.08. The van der Waals surface area contributed by atoms with Gasteiger partial charge in [0.15, 0.2) is 11.6 Å². The van der Waals surface area contributed by atoms with Crippen molar-refractivity contribution >= 4 is 51.4 Å². The Kier molecular flexibility index (Phi) is 5.94. The van der Waals surface area contributed by atoms with Gasteiger partial charge in [-0.25, -0.2) is 4.90 Å². The molecule has 4 aromatic carbocycles. The number of hydrogen-bond donors (Lipinski definition) is 0. The molecule has 200 valence electrons. The van der Waals surface area contributed by atoms with Gasteiger partial charge in [0.1, 0.15) is 6.04 Å². The van der Waals surface area contributed by atoms with Crippen LogP contribution < -0.4 is 4.90 Å². The molecule has 2 saturated heterocycles. The van der Waals surface area contributed by atoms with Gasteiger partial charge in [0.05, 0.1) is 23.6 Å². The summed E-state index contributed by atoms with van der Waals surface area (Å²) in [6, 6.07) is 26.9. The zero-order valence-corrected chi connectivity index (χ0v) is 22.4. The number of amides is 2. The van der Waals surface area contributed by atoms with Gasteiger partial charge in [-0.2, -0.15) is 0 Å². The van der Waals surface area contributed by atoms with Gasteiger partial charge in [0.2, 0.25) is 11.8 Å². The molecule has 2 amide bonds. The van der Waals surface area contributed by atoms with E-state index in [4.69, 9.17) is 11.6 Å². The lowest BCUT2D eigenvalue weighted by atomic mass is 9.85. The number of carbonyl (C=O) groups is 4. The number of halogens is 1. The molecule has 0 bridgehead atoms. The zero-order chi connectivity index (χ0) is 28.2. The molecule has 4 atom stereocenters. The minimum absolute atomic E-state index is 0.187. The van der Waals surface area contributed by atoms with Gasteiger partial charge < -0.3 is 4.90 Å². The Balaban J connectivity index is 1.34.